The number of methoxy groups -OCH3 is 1. The lowest BCUT2D eigenvalue weighted by atomic mass is 10.1. The van der Waals surface area contributed by atoms with Crippen molar-refractivity contribution in [1.29, 1.82) is 5.26 Å². The maximum Gasteiger partial charge on any atom is 0.128 e. The van der Waals surface area contributed by atoms with E-state index >= 15 is 0 Å². The fourth-order valence-corrected chi connectivity index (χ4v) is 2.06. The molecule has 0 aliphatic heterocycles. The third-order valence-corrected chi connectivity index (χ3v) is 3.62. The van der Waals surface area contributed by atoms with Crippen LogP contribution >= 0.6 is 0 Å². The van der Waals surface area contributed by atoms with E-state index in [4.69, 9.17) is 14.7 Å². The molecule has 19 heavy (non-hydrogen) atoms. The zero-order chi connectivity index (χ0) is 13.9. The predicted octanol–water partition coefficient (Wildman–Crippen LogP) is 2.82. The van der Waals surface area contributed by atoms with Crippen LogP contribution in [0.1, 0.15) is 37.9 Å². The second-order valence-electron chi connectivity index (χ2n) is 5.20. The molecule has 4 heteroatoms. The molecule has 0 heterocycles. The van der Waals surface area contributed by atoms with Gasteiger partial charge in [0.15, 0.2) is 0 Å². The summed E-state index contributed by atoms with van der Waals surface area (Å²) < 4.78 is 11.0. The fourth-order valence-electron chi connectivity index (χ4n) is 2.06. The van der Waals surface area contributed by atoms with Crippen molar-refractivity contribution in [1.82, 2.24) is 0 Å². The van der Waals surface area contributed by atoms with E-state index in [2.05, 4.69) is 6.07 Å². The number of hydrogen-bond acceptors (Lipinski definition) is 4. The molecule has 2 rings (SSSR count). The summed E-state index contributed by atoms with van der Waals surface area (Å²) in [4.78, 5) is 0. The molecule has 102 valence electrons. The van der Waals surface area contributed by atoms with Crippen LogP contribution < -0.4 is 9.47 Å². The van der Waals surface area contributed by atoms with Gasteiger partial charge in [-0.1, -0.05) is 0 Å². The van der Waals surface area contributed by atoms with Gasteiger partial charge in [-0.25, -0.2) is 0 Å². The minimum Gasteiger partial charge on any atom is -0.497 e. The Labute approximate surface area is 113 Å². The van der Waals surface area contributed by atoms with E-state index in [1.165, 1.54) is 0 Å². The molecule has 0 aromatic heterocycles. The second kappa shape index (κ2) is 5.50. The van der Waals surface area contributed by atoms with Gasteiger partial charge < -0.3 is 14.6 Å². The van der Waals surface area contributed by atoms with Crippen molar-refractivity contribution >= 4 is 0 Å². The molecule has 0 radical (unpaired) electrons. The van der Waals surface area contributed by atoms with E-state index < -0.39 is 6.10 Å². The Morgan fingerprint density at radius 2 is 2.21 bits per heavy atom. The zero-order valence-corrected chi connectivity index (χ0v) is 11.3. The summed E-state index contributed by atoms with van der Waals surface area (Å²) in [7, 11) is 1.60. The molecule has 1 N–H and O–H groups in total. The number of nitriles is 1. The highest BCUT2D eigenvalue weighted by Crippen LogP contribution is 2.49. The van der Waals surface area contributed by atoms with E-state index in [1.807, 2.05) is 6.07 Å². The SMILES string of the molecule is COc1ccc([C@H](C)O)c(OCC2(CC#N)CC2)c1. The van der Waals surface area contributed by atoms with Gasteiger partial charge >= 0.3 is 0 Å². The Morgan fingerprint density at radius 1 is 1.47 bits per heavy atom. The van der Waals surface area contributed by atoms with Crippen molar-refractivity contribution in [2.24, 2.45) is 5.41 Å². The molecular formula is C15H19NO3. The van der Waals surface area contributed by atoms with E-state index in [-0.39, 0.29) is 5.41 Å². The summed E-state index contributed by atoms with van der Waals surface area (Å²) in [6.45, 7) is 2.23. The minimum absolute atomic E-state index is 0.0216. The lowest BCUT2D eigenvalue weighted by Gasteiger charge is -2.17. The normalized spacial score (nSPS) is 17.4. The Bertz CT molecular complexity index is 487. The summed E-state index contributed by atoms with van der Waals surface area (Å²) in [6.07, 6.45) is 2.01. The summed E-state index contributed by atoms with van der Waals surface area (Å²) in [5.74, 6) is 1.34. The van der Waals surface area contributed by atoms with Crippen molar-refractivity contribution < 1.29 is 14.6 Å². The number of aliphatic hydroxyl groups excluding tert-OH is 1. The highest BCUT2D eigenvalue weighted by molar-refractivity contribution is 5.41. The van der Waals surface area contributed by atoms with Crippen molar-refractivity contribution in [2.45, 2.75) is 32.3 Å². The highest BCUT2D eigenvalue weighted by atomic mass is 16.5. The zero-order valence-electron chi connectivity index (χ0n) is 11.3. The molecule has 1 aromatic carbocycles. The monoisotopic (exact) mass is 261 g/mol. The van der Waals surface area contributed by atoms with E-state index in [9.17, 15) is 5.11 Å². The number of hydrogen-bond donors (Lipinski definition) is 1. The molecule has 1 fully saturated rings. The molecule has 1 aromatic rings. The molecule has 0 spiro atoms. The van der Waals surface area contributed by atoms with Gasteiger partial charge in [0.1, 0.15) is 11.5 Å². The van der Waals surface area contributed by atoms with Crippen LogP contribution in [-0.2, 0) is 0 Å². The van der Waals surface area contributed by atoms with E-state index in [0.717, 1.165) is 18.4 Å². The van der Waals surface area contributed by atoms with Crippen LogP contribution in [-0.4, -0.2) is 18.8 Å². The van der Waals surface area contributed by atoms with Crippen LogP contribution in [0.25, 0.3) is 0 Å². The first-order valence-corrected chi connectivity index (χ1v) is 6.46. The maximum absolute atomic E-state index is 9.74. The molecule has 0 amide bonds. The Morgan fingerprint density at radius 3 is 2.74 bits per heavy atom. The first-order chi connectivity index (χ1) is 9.10. The van der Waals surface area contributed by atoms with Crippen molar-refractivity contribution in [3.05, 3.63) is 23.8 Å². The van der Waals surface area contributed by atoms with Crippen LogP contribution in [0, 0.1) is 16.7 Å². The highest BCUT2D eigenvalue weighted by Gasteiger charge is 2.43. The van der Waals surface area contributed by atoms with Gasteiger partial charge in [0, 0.05) is 23.5 Å². The number of benzene rings is 1. The van der Waals surface area contributed by atoms with Crippen LogP contribution in [0.3, 0.4) is 0 Å². The Kier molecular flexibility index (Phi) is 3.96. The Hall–Kier alpha value is -1.73. The second-order valence-corrected chi connectivity index (χ2v) is 5.20. The van der Waals surface area contributed by atoms with Crippen LogP contribution in [0.2, 0.25) is 0 Å². The number of aliphatic hydroxyl groups is 1. The molecule has 0 bridgehead atoms. The van der Waals surface area contributed by atoms with Gasteiger partial charge in [0.2, 0.25) is 0 Å². The molecule has 1 aliphatic rings. The number of nitrogens with zero attached hydrogens (tertiary/aromatic N) is 1. The number of ether oxygens (including phenoxy) is 2. The summed E-state index contributed by atoms with van der Waals surface area (Å²) in [5, 5.41) is 18.5. The molecule has 1 saturated carbocycles. The summed E-state index contributed by atoms with van der Waals surface area (Å²) in [5.41, 5.74) is 0.766. The van der Waals surface area contributed by atoms with E-state index in [1.54, 1.807) is 26.2 Å². The average Bonchev–Trinajstić information content (AvgIpc) is 3.16. The molecule has 1 aliphatic carbocycles. The van der Waals surface area contributed by atoms with Gasteiger partial charge in [-0.05, 0) is 31.9 Å². The molecular weight excluding hydrogens is 242 g/mol. The smallest absolute Gasteiger partial charge is 0.128 e. The lowest BCUT2D eigenvalue weighted by molar-refractivity contribution is 0.183. The summed E-state index contributed by atoms with van der Waals surface area (Å²) >= 11 is 0. The molecule has 1 atom stereocenters. The van der Waals surface area contributed by atoms with Crippen molar-refractivity contribution in [2.75, 3.05) is 13.7 Å². The quantitative estimate of drug-likeness (QED) is 0.855. The third-order valence-electron chi connectivity index (χ3n) is 3.62. The van der Waals surface area contributed by atoms with Crippen molar-refractivity contribution in [3.8, 4) is 17.6 Å². The van der Waals surface area contributed by atoms with Crippen LogP contribution in [0.5, 0.6) is 11.5 Å². The topological polar surface area (TPSA) is 62.5 Å². The predicted molar refractivity (Wildman–Crippen MR) is 71.0 cm³/mol. The summed E-state index contributed by atoms with van der Waals surface area (Å²) in [6, 6.07) is 7.61. The number of rotatable bonds is 6. The Balaban J connectivity index is 2.12. The van der Waals surface area contributed by atoms with Gasteiger partial charge in [-0.2, -0.15) is 5.26 Å². The minimum atomic E-state index is -0.591. The first-order valence-electron chi connectivity index (χ1n) is 6.46. The lowest BCUT2D eigenvalue weighted by Crippen LogP contribution is -2.13. The molecule has 0 saturated heterocycles. The van der Waals surface area contributed by atoms with Gasteiger partial charge in [0.25, 0.3) is 0 Å². The first kappa shape index (κ1) is 13.7. The third kappa shape index (κ3) is 3.18. The molecule has 4 nitrogen and oxygen atoms in total. The van der Waals surface area contributed by atoms with Gasteiger partial charge in [0.05, 0.1) is 25.9 Å². The fraction of sp³-hybridized carbons (Fsp3) is 0.533. The largest absolute Gasteiger partial charge is 0.497 e. The van der Waals surface area contributed by atoms with E-state index in [0.29, 0.717) is 24.5 Å². The van der Waals surface area contributed by atoms with Crippen LogP contribution in [0.15, 0.2) is 18.2 Å². The average molecular weight is 261 g/mol. The van der Waals surface area contributed by atoms with Crippen molar-refractivity contribution in [3.63, 3.8) is 0 Å². The van der Waals surface area contributed by atoms with Crippen LogP contribution in [0.4, 0.5) is 0 Å². The maximum atomic E-state index is 9.74. The standard InChI is InChI=1S/C15H19NO3/c1-11(17)13-4-3-12(18-2)9-14(13)19-10-15(5-6-15)7-8-16/h3-4,9,11,17H,5-7,10H2,1-2H3/t11-/m0/s1. The van der Waals surface area contributed by atoms with Gasteiger partial charge in [-0.3, -0.25) is 0 Å². The van der Waals surface area contributed by atoms with Gasteiger partial charge in [-0.15, -0.1) is 0 Å². The molecule has 0 unspecified atom stereocenters.